The Kier molecular flexibility index (Phi) is 2.90. The van der Waals surface area contributed by atoms with Gasteiger partial charge in [0.15, 0.2) is 0 Å². The fourth-order valence-corrected chi connectivity index (χ4v) is 2.40. The zero-order valence-corrected chi connectivity index (χ0v) is 11.0. The molecule has 1 aliphatic rings. The maximum absolute atomic E-state index is 10.7. The van der Waals surface area contributed by atoms with Crippen molar-refractivity contribution < 1.29 is 9.66 Å². The lowest BCUT2D eigenvalue weighted by molar-refractivity contribution is -0.385. The van der Waals surface area contributed by atoms with Crippen molar-refractivity contribution >= 4 is 17.2 Å². The Morgan fingerprint density at radius 3 is 2.89 bits per heavy atom. The van der Waals surface area contributed by atoms with Crippen LogP contribution in [0, 0.1) is 17.0 Å². The molecule has 98 valence electrons. The first-order chi connectivity index (χ1) is 9.13. The molecule has 0 unspecified atom stereocenters. The van der Waals surface area contributed by atoms with Crippen molar-refractivity contribution in [2.75, 3.05) is 0 Å². The first-order valence-electron chi connectivity index (χ1n) is 5.90. The minimum absolute atomic E-state index is 0.0864. The second-order valence-electron chi connectivity index (χ2n) is 4.50. The lowest BCUT2D eigenvalue weighted by Gasteiger charge is -2.02. The third-order valence-corrected chi connectivity index (χ3v) is 3.54. The molecule has 1 heterocycles. The van der Waals surface area contributed by atoms with Gasteiger partial charge in [-0.25, -0.2) is 0 Å². The summed E-state index contributed by atoms with van der Waals surface area (Å²) < 4.78 is 9.81. The van der Waals surface area contributed by atoms with E-state index in [4.69, 9.17) is 4.74 Å². The predicted octanol–water partition coefficient (Wildman–Crippen LogP) is 3.42. The molecular weight excluding hydrogens is 266 g/mol. The van der Waals surface area contributed by atoms with Crippen LogP contribution in [0.15, 0.2) is 18.2 Å². The fraction of sp³-hybridized carbons (Fsp3) is 0.333. The maximum atomic E-state index is 10.7. The average molecular weight is 277 g/mol. The van der Waals surface area contributed by atoms with Gasteiger partial charge in [-0.05, 0) is 31.9 Å². The first kappa shape index (κ1) is 12.0. The summed E-state index contributed by atoms with van der Waals surface area (Å²) in [4.78, 5) is 14.6. The van der Waals surface area contributed by atoms with Crippen molar-refractivity contribution in [2.45, 2.75) is 25.7 Å². The summed E-state index contributed by atoms with van der Waals surface area (Å²) >= 11 is 1.21. The average Bonchev–Trinajstić information content (AvgIpc) is 3.10. The van der Waals surface area contributed by atoms with E-state index in [2.05, 4.69) is 9.36 Å². The molecule has 0 spiro atoms. The highest BCUT2D eigenvalue weighted by Gasteiger charge is 2.28. The van der Waals surface area contributed by atoms with Gasteiger partial charge < -0.3 is 4.74 Å². The van der Waals surface area contributed by atoms with Crippen molar-refractivity contribution in [3.8, 4) is 10.9 Å². The van der Waals surface area contributed by atoms with Crippen LogP contribution < -0.4 is 4.74 Å². The minimum Gasteiger partial charge on any atom is -0.430 e. The molecule has 1 aromatic carbocycles. The van der Waals surface area contributed by atoms with Gasteiger partial charge in [0.25, 0.3) is 10.9 Å². The van der Waals surface area contributed by atoms with Gasteiger partial charge in [0.1, 0.15) is 11.6 Å². The molecule has 2 aromatic rings. The van der Waals surface area contributed by atoms with Gasteiger partial charge in [0, 0.05) is 29.1 Å². The first-order valence-corrected chi connectivity index (χ1v) is 6.67. The number of rotatable bonds is 4. The Balaban J connectivity index is 1.78. The number of nitro benzene ring substituents is 1. The van der Waals surface area contributed by atoms with Crippen LogP contribution >= 0.6 is 11.5 Å². The highest BCUT2D eigenvalue weighted by atomic mass is 32.1. The molecule has 0 bridgehead atoms. The Morgan fingerprint density at radius 2 is 2.26 bits per heavy atom. The number of nitro groups is 1. The lowest BCUT2D eigenvalue weighted by Crippen LogP contribution is -1.92. The van der Waals surface area contributed by atoms with Gasteiger partial charge in [-0.1, -0.05) is 0 Å². The predicted molar refractivity (Wildman–Crippen MR) is 69.8 cm³/mol. The molecule has 0 aliphatic heterocycles. The van der Waals surface area contributed by atoms with Gasteiger partial charge in [-0.15, -0.1) is 0 Å². The van der Waals surface area contributed by atoms with E-state index < -0.39 is 4.92 Å². The summed E-state index contributed by atoms with van der Waals surface area (Å²) in [6.07, 6.45) is 2.29. The second-order valence-corrected chi connectivity index (χ2v) is 5.21. The zero-order valence-electron chi connectivity index (χ0n) is 10.2. The van der Waals surface area contributed by atoms with Crippen LogP contribution in [0.1, 0.15) is 30.1 Å². The molecule has 0 saturated heterocycles. The quantitative estimate of drug-likeness (QED) is 0.632. The molecule has 1 aromatic heterocycles. The Bertz CT molecular complexity index is 637. The number of hydrogen-bond donors (Lipinski definition) is 0. The standard InChI is InChI=1S/C12H11N3O3S/c1-7-6-9(4-5-10(7)15(16)17)18-12-13-11(14-19-12)8-2-3-8/h4-6,8H,2-3H2,1H3. The SMILES string of the molecule is Cc1cc(Oc2nc(C3CC3)ns2)ccc1[N+](=O)[O-]. The van der Waals surface area contributed by atoms with Crippen molar-refractivity contribution in [3.63, 3.8) is 0 Å². The van der Waals surface area contributed by atoms with Crippen LogP contribution in [0.25, 0.3) is 0 Å². The summed E-state index contributed by atoms with van der Waals surface area (Å²) in [5, 5.41) is 11.2. The monoisotopic (exact) mass is 277 g/mol. The van der Waals surface area contributed by atoms with Crippen LogP contribution in [0.4, 0.5) is 5.69 Å². The molecule has 7 heteroatoms. The largest absolute Gasteiger partial charge is 0.430 e. The van der Waals surface area contributed by atoms with Gasteiger partial charge in [-0.3, -0.25) is 10.1 Å². The Morgan fingerprint density at radius 1 is 1.47 bits per heavy atom. The Labute approximate surface area is 113 Å². The molecule has 0 atom stereocenters. The molecule has 3 rings (SSSR count). The number of hydrogen-bond acceptors (Lipinski definition) is 6. The number of benzene rings is 1. The zero-order chi connectivity index (χ0) is 13.4. The molecule has 6 nitrogen and oxygen atoms in total. The molecule has 0 radical (unpaired) electrons. The van der Waals surface area contributed by atoms with Crippen molar-refractivity contribution in [2.24, 2.45) is 0 Å². The number of aryl methyl sites for hydroxylation is 1. The Hall–Kier alpha value is -2.02. The van der Waals surface area contributed by atoms with Crippen molar-refractivity contribution in [1.29, 1.82) is 0 Å². The normalized spacial score (nSPS) is 14.4. The van der Waals surface area contributed by atoms with Crippen LogP contribution in [-0.2, 0) is 0 Å². The lowest BCUT2D eigenvalue weighted by atomic mass is 10.2. The molecule has 1 fully saturated rings. The summed E-state index contributed by atoms with van der Waals surface area (Å²) in [5.74, 6) is 1.88. The fourth-order valence-electron chi connectivity index (χ4n) is 1.77. The summed E-state index contributed by atoms with van der Waals surface area (Å²) in [7, 11) is 0. The number of ether oxygens (including phenoxy) is 1. The highest BCUT2D eigenvalue weighted by Crippen LogP contribution is 2.40. The van der Waals surface area contributed by atoms with Crippen molar-refractivity contribution in [3.05, 3.63) is 39.7 Å². The van der Waals surface area contributed by atoms with E-state index in [1.54, 1.807) is 19.1 Å². The molecule has 0 N–H and O–H groups in total. The maximum Gasteiger partial charge on any atom is 0.298 e. The van der Waals surface area contributed by atoms with E-state index >= 15 is 0 Å². The number of nitrogens with zero attached hydrogens (tertiary/aromatic N) is 3. The van der Waals surface area contributed by atoms with E-state index in [1.807, 2.05) is 0 Å². The molecule has 1 aliphatic carbocycles. The highest BCUT2D eigenvalue weighted by molar-refractivity contribution is 7.07. The topological polar surface area (TPSA) is 78.2 Å². The smallest absolute Gasteiger partial charge is 0.298 e. The summed E-state index contributed by atoms with van der Waals surface area (Å²) in [6, 6.07) is 4.65. The summed E-state index contributed by atoms with van der Waals surface area (Å²) in [5.41, 5.74) is 0.651. The molecular formula is C12H11N3O3S. The van der Waals surface area contributed by atoms with Crippen LogP contribution in [0.2, 0.25) is 0 Å². The van der Waals surface area contributed by atoms with Gasteiger partial charge in [-0.2, -0.15) is 9.36 Å². The van der Waals surface area contributed by atoms with Crippen LogP contribution in [-0.4, -0.2) is 14.3 Å². The van der Waals surface area contributed by atoms with Gasteiger partial charge >= 0.3 is 0 Å². The van der Waals surface area contributed by atoms with Gasteiger partial charge in [0.05, 0.1) is 4.92 Å². The molecule has 19 heavy (non-hydrogen) atoms. The third-order valence-electron chi connectivity index (χ3n) is 2.94. The van der Waals surface area contributed by atoms with E-state index in [1.165, 1.54) is 17.6 Å². The molecule has 1 saturated carbocycles. The van der Waals surface area contributed by atoms with Gasteiger partial charge in [0.2, 0.25) is 0 Å². The van der Waals surface area contributed by atoms with E-state index in [9.17, 15) is 10.1 Å². The van der Waals surface area contributed by atoms with Crippen molar-refractivity contribution in [1.82, 2.24) is 9.36 Å². The van der Waals surface area contributed by atoms with Crippen LogP contribution in [0.3, 0.4) is 0 Å². The number of aromatic nitrogens is 2. The van der Waals surface area contributed by atoms with E-state index in [-0.39, 0.29) is 5.69 Å². The third kappa shape index (κ3) is 2.55. The van der Waals surface area contributed by atoms with E-state index in [0.29, 0.717) is 22.4 Å². The molecule has 0 amide bonds. The minimum atomic E-state index is -0.407. The van der Waals surface area contributed by atoms with E-state index in [0.717, 1.165) is 18.7 Å². The second kappa shape index (κ2) is 4.58. The summed E-state index contributed by atoms with van der Waals surface area (Å²) in [6.45, 7) is 1.68. The van der Waals surface area contributed by atoms with Crippen LogP contribution in [0.5, 0.6) is 10.9 Å².